The number of hydrogen-bond donors (Lipinski definition) is 4. The van der Waals surface area contributed by atoms with Gasteiger partial charge in [-0.25, -0.2) is 8.42 Å². The Kier molecular flexibility index (Phi) is 8.63. The Balaban J connectivity index is 2.16. The first kappa shape index (κ1) is 26.8. The van der Waals surface area contributed by atoms with E-state index in [2.05, 4.69) is 24.2 Å². The summed E-state index contributed by atoms with van der Waals surface area (Å²) in [5.41, 5.74) is 14.9. The number of nitrogens with one attached hydrogen (secondary N) is 2. The predicted octanol–water partition coefficient (Wildman–Crippen LogP) is 5.33. The molecule has 0 saturated heterocycles. The molecule has 0 aliphatic rings. The van der Waals surface area contributed by atoms with Gasteiger partial charge in [0, 0.05) is 6.54 Å². The fourth-order valence-corrected chi connectivity index (χ4v) is 7.51. The lowest BCUT2D eigenvalue weighted by atomic mass is 10.0. The Bertz CT molecular complexity index is 1360. The van der Waals surface area contributed by atoms with E-state index in [9.17, 15) is 8.42 Å². The molecule has 3 aromatic rings. The second kappa shape index (κ2) is 11.3. The van der Waals surface area contributed by atoms with Crippen molar-refractivity contribution in [2.24, 2.45) is 22.4 Å². The fraction of sp³-hybridized carbons (Fsp3) is 0.280. The summed E-state index contributed by atoms with van der Waals surface area (Å²) in [6.45, 7) is 6.74. The van der Waals surface area contributed by atoms with Crippen molar-refractivity contribution in [3.8, 4) is 11.1 Å². The van der Waals surface area contributed by atoms with Gasteiger partial charge in [0.15, 0.2) is 5.96 Å². The summed E-state index contributed by atoms with van der Waals surface area (Å²) < 4.78 is 28.5. The number of nitrogens with zero attached hydrogens (tertiary/aromatic N) is 1. The first-order valence-electron chi connectivity index (χ1n) is 11.1. The zero-order valence-electron chi connectivity index (χ0n) is 20.3. The molecule has 0 aliphatic carbocycles. The lowest BCUT2D eigenvalue weighted by Gasteiger charge is -2.15. The van der Waals surface area contributed by atoms with E-state index in [1.54, 1.807) is 18.4 Å². The molecule has 35 heavy (non-hydrogen) atoms. The van der Waals surface area contributed by atoms with Crippen molar-refractivity contribution in [2.45, 2.75) is 41.2 Å². The lowest BCUT2D eigenvalue weighted by Crippen LogP contribution is -2.24. The van der Waals surface area contributed by atoms with Gasteiger partial charge in [0.1, 0.15) is 5.84 Å². The van der Waals surface area contributed by atoms with E-state index in [4.69, 9.17) is 16.9 Å². The van der Waals surface area contributed by atoms with Gasteiger partial charge in [-0.15, -0.1) is 23.1 Å². The molecule has 0 aliphatic heterocycles. The summed E-state index contributed by atoms with van der Waals surface area (Å²) in [5, 5.41) is 10.8. The molecule has 2 aromatic carbocycles. The van der Waals surface area contributed by atoms with Gasteiger partial charge in [0.25, 0.3) is 0 Å². The molecule has 0 spiro atoms. The summed E-state index contributed by atoms with van der Waals surface area (Å²) in [4.78, 5) is 4.97. The van der Waals surface area contributed by atoms with Crippen LogP contribution in [0.1, 0.15) is 30.7 Å². The number of rotatable bonds is 9. The average molecular weight is 530 g/mol. The Morgan fingerprint density at radius 3 is 2.49 bits per heavy atom. The molecule has 186 valence electrons. The maximum atomic E-state index is 14.0. The minimum Gasteiger partial charge on any atom is -0.383 e. The monoisotopic (exact) mass is 529 g/mol. The van der Waals surface area contributed by atoms with Crippen LogP contribution in [0, 0.1) is 18.3 Å². The molecule has 0 saturated carbocycles. The Morgan fingerprint density at radius 2 is 1.86 bits per heavy atom. The Labute approximate surface area is 215 Å². The topological polar surface area (TPSA) is 134 Å². The zero-order chi connectivity index (χ0) is 25.8. The number of hydrogen-bond acceptors (Lipinski definition) is 6. The van der Waals surface area contributed by atoms with Gasteiger partial charge in [-0.05, 0) is 60.4 Å². The lowest BCUT2D eigenvalue weighted by molar-refractivity contribution is 0.595. The summed E-state index contributed by atoms with van der Waals surface area (Å²) in [6.07, 6.45) is 2.68. The van der Waals surface area contributed by atoms with Crippen LogP contribution in [-0.4, -0.2) is 33.0 Å². The van der Waals surface area contributed by atoms with E-state index < -0.39 is 9.84 Å². The maximum absolute atomic E-state index is 14.0. The highest BCUT2D eigenvalue weighted by atomic mass is 32.2. The van der Waals surface area contributed by atoms with Crippen molar-refractivity contribution in [3.63, 3.8) is 0 Å². The fourth-order valence-electron chi connectivity index (χ4n) is 3.47. The van der Waals surface area contributed by atoms with E-state index in [-0.39, 0.29) is 21.6 Å². The van der Waals surface area contributed by atoms with Crippen molar-refractivity contribution in [3.05, 3.63) is 59.0 Å². The quantitative estimate of drug-likeness (QED) is 0.168. The molecule has 0 fully saturated rings. The highest BCUT2D eigenvalue weighted by Gasteiger charge is 2.28. The Morgan fingerprint density at radius 1 is 1.14 bits per heavy atom. The molecule has 0 unspecified atom stereocenters. The van der Waals surface area contributed by atoms with Crippen molar-refractivity contribution >= 4 is 50.4 Å². The summed E-state index contributed by atoms with van der Waals surface area (Å²) in [6, 6.07) is 14.5. The number of thioether (sulfide) groups is 1. The summed E-state index contributed by atoms with van der Waals surface area (Å²) in [5.74, 6) is 0.473. The maximum Gasteiger partial charge on any atom is 0.210 e. The number of nitrogen functional groups attached to an aromatic ring is 1. The van der Waals surface area contributed by atoms with E-state index in [0.29, 0.717) is 27.2 Å². The smallest absolute Gasteiger partial charge is 0.210 e. The van der Waals surface area contributed by atoms with Crippen LogP contribution in [0.5, 0.6) is 0 Å². The largest absolute Gasteiger partial charge is 0.383 e. The van der Waals surface area contributed by atoms with Gasteiger partial charge in [-0.2, -0.15) is 0 Å². The third-order valence-electron chi connectivity index (χ3n) is 5.38. The van der Waals surface area contributed by atoms with Crippen molar-refractivity contribution in [1.82, 2.24) is 0 Å². The van der Waals surface area contributed by atoms with Gasteiger partial charge >= 0.3 is 0 Å². The second-order valence-corrected chi connectivity index (χ2v) is 12.5. The Hall–Kier alpha value is -2.82. The molecule has 10 heteroatoms. The molecule has 1 aromatic heterocycles. The van der Waals surface area contributed by atoms with Gasteiger partial charge < -0.3 is 16.8 Å². The minimum atomic E-state index is -3.98. The first-order valence-corrected chi connectivity index (χ1v) is 14.6. The number of aliphatic imine (C=N–C) groups is 1. The molecule has 0 bridgehead atoms. The van der Waals surface area contributed by atoms with E-state index in [1.165, 1.54) is 29.2 Å². The number of thiophene rings is 1. The molecular weight excluding hydrogens is 499 g/mol. The normalized spacial score (nSPS) is 12.2. The van der Waals surface area contributed by atoms with Crippen LogP contribution >= 0.6 is 23.1 Å². The first-order chi connectivity index (χ1) is 16.5. The number of amidine groups is 1. The van der Waals surface area contributed by atoms with Crippen LogP contribution in [0.3, 0.4) is 0 Å². The van der Waals surface area contributed by atoms with Gasteiger partial charge in [0.2, 0.25) is 9.84 Å². The third-order valence-corrected chi connectivity index (χ3v) is 9.76. The predicted molar refractivity (Wildman–Crippen MR) is 149 cm³/mol. The highest BCUT2D eigenvalue weighted by Crippen LogP contribution is 2.40. The van der Waals surface area contributed by atoms with Gasteiger partial charge in [0.05, 0.1) is 24.6 Å². The molecular formula is C25H31N5O2S3. The SMILES string of the molecule is CSc1sc(C(=N)N)cc1S(=O)(=O)c1cc(-c2ccccc2C)ccc1NC(N)=NCCC(C)C. The van der Waals surface area contributed by atoms with Crippen LogP contribution in [0.4, 0.5) is 5.69 Å². The number of anilines is 1. The molecule has 7 nitrogen and oxygen atoms in total. The third kappa shape index (κ3) is 6.25. The van der Waals surface area contributed by atoms with Crippen molar-refractivity contribution in [2.75, 3.05) is 18.1 Å². The molecule has 6 N–H and O–H groups in total. The molecule has 0 atom stereocenters. The van der Waals surface area contributed by atoms with Crippen LogP contribution in [-0.2, 0) is 9.84 Å². The second-order valence-electron chi connectivity index (χ2n) is 8.48. The van der Waals surface area contributed by atoms with Crippen molar-refractivity contribution in [1.29, 1.82) is 5.41 Å². The molecule has 0 radical (unpaired) electrons. The van der Waals surface area contributed by atoms with E-state index in [1.807, 2.05) is 37.3 Å². The van der Waals surface area contributed by atoms with Gasteiger partial charge in [-0.3, -0.25) is 10.4 Å². The highest BCUT2D eigenvalue weighted by molar-refractivity contribution is 8.01. The number of aryl methyl sites for hydroxylation is 1. The number of nitrogens with two attached hydrogens (primary N) is 2. The molecule has 0 amide bonds. The average Bonchev–Trinajstić information content (AvgIpc) is 3.25. The standard InChI is InChI=1S/C25H31N5O2S3/c1-15(2)11-12-29-25(28)30-19-10-9-17(18-8-6-5-7-16(18)3)13-21(19)35(31,32)22-14-20(23(26)27)34-24(22)33-4/h5-10,13-15H,11-12H2,1-4H3,(H3,26,27)(H3,28,29,30). The number of sulfone groups is 1. The van der Waals surface area contributed by atoms with Crippen molar-refractivity contribution < 1.29 is 8.42 Å². The van der Waals surface area contributed by atoms with Crippen LogP contribution in [0.15, 0.2) is 67.5 Å². The van der Waals surface area contributed by atoms with Crippen LogP contribution < -0.4 is 16.8 Å². The van der Waals surface area contributed by atoms with E-state index in [0.717, 1.165) is 23.1 Å². The van der Waals surface area contributed by atoms with E-state index >= 15 is 0 Å². The van der Waals surface area contributed by atoms with Crippen LogP contribution in [0.2, 0.25) is 0 Å². The molecule has 1 heterocycles. The minimum absolute atomic E-state index is 0.0865. The number of guanidine groups is 1. The summed E-state index contributed by atoms with van der Waals surface area (Å²) >= 11 is 2.50. The molecule has 3 rings (SSSR count). The van der Waals surface area contributed by atoms with Gasteiger partial charge in [-0.1, -0.05) is 44.2 Å². The van der Waals surface area contributed by atoms with Crippen LogP contribution in [0.25, 0.3) is 11.1 Å². The number of benzene rings is 2. The summed E-state index contributed by atoms with van der Waals surface area (Å²) in [7, 11) is -3.98. The zero-order valence-corrected chi connectivity index (χ0v) is 22.7.